The average Bonchev–Trinajstić information content (AvgIpc) is 3.40. The smallest absolute Gasteiger partial charge is 0.319 e. The van der Waals surface area contributed by atoms with E-state index in [1.54, 1.807) is 7.11 Å². The number of nitrogens with zero attached hydrogens (tertiary/aromatic N) is 1. The van der Waals surface area contributed by atoms with Crippen LogP contribution in [-0.2, 0) is 0 Å². The monoisotopic (exact) mass is 365 g/mol. The zero-order valence-corrected chi connectivity index (χ0v) is 15.8. The first-order valence-corrected chi connectivity index (χ1v) is 9.80. The van der Waals surface area contributed by atoms with Gasteiger partial charge in [0, 0.05) is 13.1 Å². The lowest BCUT2D eigenvalue weighted by Gasteiger charge is -2.23. The Morgan fingerprint density at radius 3 is 2.44 bits per heavy atom. The summed E-state index contributed by atoms with van der Waals surface area (Å²) in [5.41, 5.74) is 3.11. The number of methoxy groups -OCH3 is 1. The van der Waals surface area contributed by atoms with Crippen LogP contribution in [0.5, 0.6) is 5.75 Å². The van der Waals surface area contributed by atoms with E-state index in [2.05, 4.69) is 21.6 Å². The Bertz CT molecular complexity index is 780. The van der Waals surface area contributed by atoms with E-state index in [1.165, 1.54) is 12.8 Å². The fourth-order valence-corrected chi connectivity index (χ4v) is 3.83. The molecule has 1 heterocycles. The summed E-state index contributed by atoms with van der Waals surface area (Å²) in [5.74, 6) is 1.34. The predicted molar refractivity (Wildman–Crippen MR) is 109 cm³/mol. The molecule has 142 valence electrons. The molecule has 4 rings (SSSR count). The third kappa shape index (κ3) is 4.18. The maximum absolute atomic E-state index is 12.8. The molecule has 2 aromatic rings. The van der Waals surface area contributed by atoms with Crippen LogP contribution in [0.15, 0.2) is 48.5 Å². The van der Waals surface area contributed by atoms with Crippen molar-refractivity contribution in [3.05, 3.63) is 54.1 Å². The summed E-state index contributed by atoms with van der Waals surface area (Å²) < 4.78 is 5.24. The van der Waals surface area contributed by atoms with Crippen molar-refractivity contribution in [1.82, 2.24) is 5.32 Å². The van der Waals surface area contributed by atoms with Crippen LogP contribution in [0, 0.1) is 5.92 Å². The summed E-state index contributed by atoms with van der Waals surface area (Å²) in [6.07, 6.45) is 4.73. The normalized spacial score (nSPS) is 17.4. The molecule has 5 heteroatoms. The topological polar surface area (TPSA) is 53.6 Å². The van der Waals surface area contributed by atoms with E-state index in [-0.39, 0.29) is 12.1 Å². The Hall–Kier alpha value is -2.69. The molecule has 2 aliphatic rings. The zero-order chi connectivity index (χ0) is 18.6. The average molecular weight is 365 g/mol. The molecule has 1 unspecified atom stereocenters. The van der Waals surface area contributed by atoms with Crippen molar-refractivity contribution in [2.24, 2.45) is 5.92 Å². The largest absolute Gasteiger partial charge is 0.497 e. The second kappa shape index (κ2) is 7.91. The second-order valence-corrected chi connectivity index (χ2v) is 7.40. The summed E-state index contributed by atoms with van der Waals surface area (Å²) in [7, 11) is 1.66. The number of hydrogen-bond donors (Lipinski definition) is 2. The van der Waals surface area contributed by atoms with Crippen LogP contribution in [0.1, 0.15) is 37.3 Å². The van der Waals surface area contributed by atoms with Crippen molar-refractivity contribution in [3.8, 4) is 5.75 Å². The Morgan fingerprint density at radius 1 is 1.07 bits per heavy atom. The standard InChI is InChI=1S/C22H27N3O2/c1-27-18-12-10-17(11-13-18)21(16-8-9-16)24-22(26)23-19-6-2-3-7-20(19)25-14-4-5-15-25/h2-3,6-7,10-13,16,21H,4-5,8-9,14-15H2,1H3,(H2,23,24,26). The summed E-state index contributed by atoms with van der Waals surface area (Å²) in [5, 5.41) is 6.27. The summed E-state index contributed by atoms with van der Waals surface area (Å²) in [4.78, 5) is 15.1. The van der Waals surface area contributed by atoms with Gasteiger partial charge in [-0.3, -0.25) is 0 Å². The maximum atomic E-state index is 12.8. The van der Waals surface area contributed by atoms with Crippen molar-refractivity contribution in [2.45, 2.75) is 31.7 Å². The van der Waals surface area contributed by atoms with E-state index in [4.69, 9.17) is 4.74 Å². The minimum absolute atomic E-state index is 0.0369. The number of para-hydroxylation sites is 2. The van der Waals surface area contributed by atoms with Gasteiger partial charge in [0.1, 0.15) is 5.75 Å². The summed E-state index contributed by atoms with van der Waals surface area (Å²) in [6.45, 7) is 2.10. The third-order valence-corrected chi connectivity index (χ3v) is 5.45. The van der Waals surface area contributed by atoms with Crippen molar-refractivity contribution >= 4 is 17.4 Å². The van der Waals surface area contributed by atoms with Crippen LogP contribution in [0.3, 0.4) is 0 Å². The maximum Gasteiger partial charge on any atom is 0.319 e. The van der Waals surface area contributed by atoms with Crippen LogP contribution >= 0.6 is 0 Å². The number of carbonyl (C=O) groups is 1. The number of carbonyl (C=O) groups excluding carboxylic acids is 1. The molecule has 0 aromatic heterocycles. The number of anilines is 2. The molecule has 2 fully saturated rings. The molecule has 1 saturated heterocycles. The van der Waals surface area contributed by atoms with Gasteiger partial charge < -0.3 is 20.3 Å². The molecular formula is C22H27N3O2. The Morgan fingerprint density at radius 2 is 1.78 bits per heavy atom. The fourth-order valence-electron chi connectivity index (χ4n) is 3.83. The molecule has 2 amide bonds. The lowest BCUT2D eigenvalue weighted by atomic mass is 10.0. The first kappa shape index (κ1) is 17.7. The van der Waals surface area contributed by atoms with Crippen molar-refractivity contribution in [2.75, 3.05) is 30.4 Å². The predicted octanol–water partition coefficient (Wildman–Crippen LogP) is 4.57. The number of benzene rings is 2. The Labute approximate surface area is 160 Å². The van der Waals surface area contributed by atoms with Crippen LogP contribution in [-0.4, -0.2) is 26.2 Å². The molecule has 2 N–H and O–H groups in total. The van der Waals surface area contributed by atoms with E-state index in [0.29, 0.717) is 5.92 Å². The molecule has 27 heavy (non-hydrogen) atoms. The molecule has 1 atom stereocenters. The number of ether oxygens (including phenoxy) is 1. The van der Waals surface area contributed by atoms with Gasteiger partial charge in [0.05, 0.1) is 24.5 Å². The number of nitrogens with one attached hydrogen (secondary N) is 2. The van der Waals surface area contributed by atoms with Crippen LogP contribution in [0.4, 0.5) is 16.2 Å². The number of urea groups is 1. The highest BCUT2D eigenvalue weighted by Gasteiger charge is 2.33. The van der Waals surface area contributed by atoms with Gasteiger partial charge in [0.15, 0.2) is 0 Å². The number of rotatable bonds is 6. The van der Waals surface area contributed by atoms with Crippen LogP contribution < -0.4 is 20.3 Å². The van der Waals surface area contributed by atoms with E-state index >= 15 is 0 Å². The summed E-state index contributed by atoms with van der Waals surface area (Å²) in [6, 6.07) is 15.9. The van der Waals surface area contributed by atoms with Gasteiger partial charge in [-0.1, -0.05) is 24.3 Å². The van der Waals surface area contributed by atoms with Crippen molar-refractivity contribution in [1.29, 1.82) is 0 Å². The SMILES string of the molecule is COc1ccc(C(NC(=O)Nc2ccccc2N2CCCC2)C2CC2)cc1. The molecule has 0 bridgehead atoms. The molecular weight excluding hydrogens is 338 g/mol. The Balaban J connectivity index is 1.46. The first-order valence-electron chi connectivity index (χ1n) is 9.80. The zero-order valence-electron chi connectivity index (χ0n) is 15.8. The third-order valence-electron chi connectivity index (χ3n) is 5.45. The van der Waals surface area contributed by atoms with E-state index in [9.17, 15) is 4.79 Å². The second-order valence-electron chi connectivity index (χ2n) is 7.40. The molecule has 1 aliphatic carbocycles. The van der Waals surface area contributed by atoms with Gasteiger partial charge in [0.25, 0.3) is 0 Å². The minimum Gasteiger partial charge on any atom is -0.497 e. The van der Waals surface area contributed by atoms with Crippen molar-refractivity contribution < 1.29 is 9.53 Å². The fraction of sp³-hybridized carbons (Fsp3) is 0.409. The quantitative estimate of drug-likeness (QED) is 0.788. The van der Waals surface area contributed by atoms with Gasteiger partial charge in [-0.2, -0.15) is 0 Å². The highest BCUT2D eigenvalue weighted by molar-refractivity contribution is 5.93. The molecule has 0 spiro atoms. The van der Waals surface area contributed by atoms with E-state index in [0.717, 1.165) is 48.6 Å². The van der Waals surface area contributed by atoms with Gasteiger partial charge in [-0.05, 0) is 61.4 Å². The van der Waals surface area contributed by atoms with Gasteiger partial charge in [-0.15, -0.1) is 0 Å². The van der Waals surface area contributed by atoms with Gasteiger partial charge in [0.2, 0.25) is 0 Å². The van der Waals surface area contributed by atoms with Crippen LogP contribution in [0.2, 0.25) is 0 Å². The minimum atomic E-state index is -0.144. The van der Waals surface area contributed by atoms with E-state index in [1.807, 2.05) is 42.5 Å². The molecule has 2 aromatic carbocycles. The van der Waals surface area contributed by atoms with Crippen molar-refractivity contribution in [3.63, 3.8) is 0 Å². The first-order chi connectivity index (χ1) is 13.2. The van der Waals surface area contributed by atoms with E-state index < -0.39 is 0 Å². The lowest BCUT2D eigenvalue weighted by molar-refractivity contribution is 0.247. The molecule has 0 radical (unpaired) electrons. The molecule has 1 saturated carbocycles. The number of hydrogen-bond acceptors (Lipinski definition) is 3. The molecule has 5 nitrogen and oxygen atoms in total. The van der Waals surface area contributed by atoms with Gasteiger partial charge in [-0.25, -0.2) is 4.79 Å². The highest BCUT2D eigenvalue weighted by Crippen LogP contribution is 2.41. The molecule has 1 aliphatic heterocycles. The highest BCUT2D eigenvalue weighted by atomic mass is 16.5. The lowest BCUT2D eigenvalue weighted by Crippen LogP contribution is -2.34. The van der Waals surface area contributed by atoms with Gasteiger partial charge >= 0.3 is 6.03 Å². The van der Waals surface area contributed by atoms with Crippen LogP contribution in [0.25, 0.3) is 0 Å². The summed E-state index contributed by atoms with van der Waals surface area (Å²) >= 11 is 0. The Kier molecular flexibility index (Phi) is 5.19. The number of amides is 2.